The summed E-state index contributed by atoms with van der Waals surface area (Å²) in [5.74, 6) is -0.830. The highest BCUT2D eigenvalue weighted by atomic mass is 19.1. The summed E-state index contributed by atoms with van der Waals surface area (Å²) in [4.78, 5) is 19.7. The van der Waals surface area contributed by atoms with Gasteiger partial charge in [0.2, 0.25) is 5.88 Å². The third kappa shape index (κ3) is 2.82. The molecule has 0 saturated heterocycles. The van der Waals surface area contributed by atoms with Gasteiger partial charge < -0.3 is 15.4 Å². The van der Waals surface area contributed by atoms with Crippen LogP contribution in [0.2, 0.25) is 0 Å². The summed E-state index contributed by atoms with van der Waals surface area (Å²) < 4.78 is 18.8. The molecule has 6 nitrogen and oxygen atoms in total. The smallest absolute Gasteiger partial charge is 0.258 e. The first kappa shape index (κ1) is 13.7. The van der Waals surface area contributed by atoms with E-state index in [1.165, 1.54) is 32.6 Å². The van der Waals surface area contributed by atoms with Gasteiger partial charge in [0.25, 0.3) is 5.91 Å². The molecule has 20 heavy (non-hydrogen) atoms. The van der Waals surface area contributed by atoms with Gasteiger partial charge in [0.1, 0.15) is 0 Å². The minimum Gasteiger partial charge on any atom is -0.481 e. The van der Waals surface area contributed by atoms with Crippen LogP contribution in [-0.4, -0.2) is 30.0 Å². The van der Waals surface area contributed by atoms with Gasteiger partial charge in [0.15, 0.2) is 11.6 Å². The van der Waals surface area contributed by atoms with Gasteiger partial charge in [-0.05, 0) is 12.1 Å². The first-order valence-corrected chi connectivity index (χ1v) is 5.79. The van der Waals surface area contributed by atoms with Crippen molar-refractivity contribution >= 4 is 17.4 Å². The zero-order valence-corrected chi connectivity index (χ0v) is 11.0. The second kappa shape index (κ2) is 5.96. The van der Waals surface area contributed by atoms with Crippen LogP contribution in [0.5, 0.6) is 5.88 Å². The molecule has 2 heterocycles. The number of carbonyl (C=O) groups excluding carboxylic acids is 1. The molecule has 2 rings (SSSR count). The topological polar surface area (TPSA) is 76.1 Å². The number of rotatable bonds is 4. The molecule has 0 aliphatic heterocycles. The van der Waals surface area contributed by atoms with Crippen molar-refractivity contribution in [2.75, 3.05) is 24.8 Å². The molecule has 104 valence electrons. The molecule has 0 fully saturated rings. The summed E-state index contributed by atoms with van der Waals surface area (Å²) in [6.45, 7) is 0. The van der Waals surface area contributed by atoms with Gasteiger partial charge in [-0.3, -0.25) is 4.79 Å². The van der Waals surface area contributed by atoms with Crippen molar-refractivity contribution in [2.24, 2.45) is 0 Å². The molecule has 0 unspecified atom stereocenters. The molecule has 0 aliphatic carbocycles. The van der Waals surface area contributed by atoms with E-state index in [1.54, 1.807) is 12.1 Å². The molecule has 2 N–H and O–H groups in total. The number of hydrogen-bond donors (Lipinski definition) is 2. The van der Waals surface area contributed by atoms with Crippen LogP contribution in [-0.2, 0) is 0 Å². The molecule has 0 bridgehead atoms. The lowest BCUT2D eigenvalue weighted by atomic mass is 10.2. The van der Waals surface area contributed by atoms with E-state index in [9.17, 15) is 9.18 Å². The molecule has 0 aliphatic rings. The van der Waals surface area contributed by atoms with Crippen LogP contribution in [0.3, 0.4) is 0 Å². The number of anilines is 2. The Morgan fingerprint density at radius 1 is 1.30 bits per heavy atom. The minimum absolute atomic E-state index is 0.0190. The summed E-state index contributed by atoms with van der Waals surface area (Å²) >= 11 is 0. The maximum Gasteiger partial charge on any atom is 0.258 e. The molecular weight excluding hydrogens is 263 g/mol. The monoisotopic (exact) mass is 276 g/mol. The van der Waals surface area contributed by atoms with Crippen LogP contribution >= 0.6 is 0 Å². The fraction of sp³-hybridized carbons (Fsp3) is 0.154. The highest BCUT2D eigenvalue weighted by Crippen LogP contribution is 2.17. The fourth-order valence-electron chi connectivity index (χ4n) is 1.57. The van der Waals surface area contributed by atoms with E-state index in [4.69, 9.17) is 4.74 Å². The number of amides is 1. The molecule has 7 heteroatoms. The van der Waals surface area contributed by atoms with Crippen molar-refractivity contribution in [1.29, 1.82) is 0 Å². The van der Waals surface area contributed by atoms with Crippen molar-refractivity contribution < 1.29 is 13.9 Å². The van der Waals surface area contributed by atoms with Crippen molar-refractivity contribution in [3.8, 4) is 5.88 Å². The predicted molar refractivity (Wildman–Crippen MR) is 72.5 cm³/mol. The van der Waals surface area contributed by atoms with E-state index >= 15 is 0 Å². The van der Waals surface area contributed by atoms with Gasteiger partial charge in [0, 0.05) is 19.3 Å². The Morgan fingerprint density at radius 2 is 2.10 bits per heavy atom. The van der Waals surface area contributed by atoms with E-state index in [0.29, 0.717) is 11.6 Å². The second-order valence-electron chi connectivity index (χ2n) is 3.81. The summed E-state index contributed by atoms with van der Waals surface area (Å²) in [5.41, 5.74) is 0.346. The van der Waals surface area contributed by atoms with E-state index in [1.807, 2.05) is 0 Å². The van der Waals surface area contributed by atoms with Crippen molar-refractivity contribution in [2.45, 2.75) is 0 Å². The number of pyridine rings is 2. The molecule has 0 spiro atoms. The number of nitrogens with one attached hydrogen (secondary N) is 2. The van der Waals surface area contributed by atoms with E-state index in [-0.39, 0.29) is 11.4 Å². The maximum atomic E-state index is 13.9. The van der Waals surface area contributed by atoms with Crippen molar-refractivity contribution in [3.63, 3.8) is 0 Å². The number of methoxy groups -OCH3 is 1. The average Bonchev–Trinajstić information content (AvgIpc) is 2.48. The van der Waals surface area contributed by atoms with Crippen molar-refractivity contribution in [3.05, 3.63) is 42.0 Å². The summed E-state index contributed by atoms with van der Waals surface area (Å²) in [7, 11) is 3.02. The minimum atomic E-state index is -0.700. The molecular formula is C13H13FN4O2. The standard InChI is InChI=1S/C13H13FN4O2/c1-15-12-11(14)9(5-6-16-12)13(19)18-8-3-4-10(20-2)17-7-8/h3-7H,1-2H3,(H,15,16)(H,18,19). The molecule has 1 amide bonds. The summed E-state index contributed by atoms with van der Waals surface area (Å²) in [6.07, 6.45) is 2.78. The van der Waals surface area contributed by atoms with Crippen LogP contribution in [0.1, 0.15) is 10.4 Å². The van der Waals surface area contributed by atoms with Gasteiger partial charge in [0.05, 0.1) is 24.6 Å². The lowest BCUT2D eigenvalue weighted by Crippen LogP contribution is -2.15. The van der Waals surface area contributed by atoms with Crippen LogP contribution in [0, 0.1) is 5.82 Å². The summed E-state index contributed by atoms with van der Waals surface area (Å²) in [5, 5.41) is 5.12. The molecule has 2 aromatic rings. The van der Waals surface area contributed by atoms with Crippen LogP contribution in [0.4, 0.5) is 15.9 Å². The highest BCUT2D eigenvalue weighted by Gasteiger charge is 2.15. The lowest BCUT2D eigenvalue weighted by Gasteiger charge is -2.08. The normalized spacial score (nSPS) is 9.95. The van der Waals surface area contributed by atoms with Crippen LogP contribution in [0.15, 0.2) is 30.6 Å². The number of aromatic nitrogens is 2. The number of nitrogens with zero attached hydrogens (tertiary/aromatic N) is 2. The van der Waals surface area contributed by atoms with Gasteiger partial charge in [-0.25, -0.2) is 14.4 Å². The number of carbonyl (C=O) groups is 1. The average molecular weight is 276 g/mol. The van der Waals surface area contributed by atoms with Gasteiger partial charge >= 0.3 is 0 Å². The Balaban J connectivity index is 2.19. The quantitative estimate of drug-likeness (QED) is 0.892. The first-order valence-electron chi connectivity index (χ1n) is 5.79. The fourth-order valence-corrected chi connectivity index (χ4v) is 1.57. The zero-order chi connectivity index (χ0) is 14.5. The summed E-state index contributed by atoms with van der Waals surface area (Å²) in [6, 6.07) is 4.52. The highest BCUT2D eigenvalue weighted by molar-refractivity contribution is 6.04. The van der Waals surface area contributed by atoms with Crippen LogP contribution in [0.25, 0.3) is 0 Å². The SMILES string of the molecule is CNc1nccc(C(=O)Nc2ccc(OC)nc2)c1F. The third-order valence-electron chi connectivity index (χ3n) is 2.57. The molecule has 0 radical (unpaired) electrons. The third-order valence-corrected chi connectivity index (χ3v) is 2.57. The molecule has 0 saturated carbocycles. The zero-order valence-electron chi connectivity index (χ0n) is 11.0. The van der Waals surface area contributed by atoms with E-state index in [0.717, 1.165) is 0 Å². The lowest BCUT2D eigenvalue weighted by molar-refractivity contribution is 0.102. The number of ether oxygens (including phenoxy) is 1. The largest absolute Gasteiger partial charge is 0.481 e. The Labute approximate surface area is 115 Å². The van der Waals surface area contributed by atoms with E-state index in [2.05, 4.69) is 20.6 Å². The van der Waals surface area contributed by atoms with Gasteiger partial charge in [-0.2, -0.15) is 0 Å². The van der Waals surface area contributed by atoms with Gasteiger partial charge in [-0.1, -0.05) is 0 Å². The maximum absolute atomic E-state index is 13.9. The Morgan fingerprint density at radius 3 is 2.70 bits per heavy atom. The van der Waals surface area contributed by atoms with Crippen LogP contribution < -0.4 is 15.4 Å². The number of hydrogen-bond acceptors (Lipinski definition) is 5. The molecule has 0 atom stereocenters. The predicted octanol–water partition coefficient (Wildman–Crippen LogP) is 1.92. The molecule has 2 aromatic heterocycles. The van der Waals surface area contributed by atoms with Crippen molar-refractivity contribution in [1.82, 2.24) is 9.97 Å². The second-order valence-corrected chi connectivity index (χ2v) is 3.81. The number of halogens is 1. The Hall–Kier alpha value is -2.70. The molecule has 0 aromatic carbocycles. The Kier molecular flexibility index (Phi) is 4.09. The van der Waals surface area contributed by atoms with E-state index < -0.39 is 11.7 Å². The first-order chi connectivity index (χ1) is 9.65. The van der Waals surface area contributed by atoms with Gasteiger partial charge in [-0.15, -0.1) is 0 Å². The Bertz CT molecular complexity index is 616.